The van der Waals surface area contributed by atoms with Crippen molar-refractivity contribution in [2.75, 3.05) is 7.05 Å². The molecule has 0 aliphatic carbocycles. The van der Waals surface area contributed by atoms with Crippen LogP contribution in [0.2, 0.25) is 0 Å². The van der Waals surface area contributed by atoms with Gasteiger partial charge in [0.1, 0.15) is 6.61 Å². The van der Waals surface area contributed by atoms with Crippen LogP contribution in [0.15, 0.2) is 53.3 Å². The summed E-state index contributed by atoms with van der Waals surface area (Å²) in [5.74, 6) is -1.16. The second-order valence-electron chi connectivity index (χ2n) is 4.83. The number of amides is 1. The van der Waals surface area contributed by atoms with Crippen molar-refractivity contribution >= 4 is 28.0 Å². The van der Waals surface area contributed by atoms with Crippen LogP contribution in [0.5, 0.6) is 0 Å². The van der Waals surface area contributed by atoms with Gasteiger partial charge in [0.05, 0.1) is 0 Å². The largest absolute Gasteiger partial charge is 0.479 e. The molecular weight excluding hydrogens is 364 g/mol. The van der Waals surface area contributed by atoms with E-state index in [0.717, 1.165) is 10.5 Å². The third kappa shape index (κ3) is 4.53. The number of carbonyl (C=O) groups is 2. The van der Waals surface area contributed by atoms with E-state index in [1.54, 1.807) is 6.07 Å². The molecule has 1 heterocycles. The molecule has 0 saturated heterocycles. The fraction of sp³-hybridized carbons (Fsp3) is 0.188. The van der Waals surface area contributed by atoms with Gasteiger partial charge in [0.15, 0.2) is 6.04 Å². The zero-order chi connectivity index (χ0) is 16.8. The Morgan fingerprint density at radius 1 is 1.30 bits per heavy atom. The molecule has 6 nitrogen and oxygen atoms in total. The Hall–Kier alpha value is -2.41. The number of carboxylic acid groups (broad SMARTS) is 1. The average molecular weight is 379 g/mol. The van der Waals surface area contributed by atoms with Crippen LogP contribution < -0.4 is 0 Å². The Morgan fingerprint density at radius 2 is 2.00 bits per heavy atom. The highest BCUT2D eigenvalue weighted by molar-refractivity contribution is 9.10. The van der Waals surface area contributed by atoms with E-state index in [2.05, 4.69) is 20.9 Å². The number of carbonyl (C=O) groups excluding carboxylic acids is 1. The normalized spacial score (nSPS) is 11.6. The number of hydrogen-bond acceptors (Lipinski definition) is 4. The van der Waals surface area contributed by atoms with Gasteiger partial charge in [0.2, 0.25) is 0 Å². The van der Waals surface area contributed by atoms with Crippen molar-refractivity contribution in [2.45, 2.75) is 12.6 Å². The quantitative estimate of drug-likeness (QED) is 0.863. The molecule has 2 aromatic rings. The summed E-state index contributed by atoms with van der Waals surface area (Å²) >= 11 is 3.24. The molecule has 0 bridgehead atoms. The second kappa shape index (κ2) is 7.73. The highest BCUT2D eigenvalue weighted by atomic mass is 79.9. The van der Waals surface area contributed by atoms with Crippen LogP contribution in [0.3, 0.4) is 0 Å². The lowest BCUT2D eigenvalue weighted by molar-refractivity contribution is -0.142. The van der Waals surface area contributed by atoms with Gasteiger partial charge in [-0.05, 0) is 27.6 Å². The van der Waals surface area contributed by atoms with Gasteiger partial charge >= 0.3 is 12.1 Å². The Kier molecular flexibility index (Phi) is 5.70. The molecule has 0 aliphatic rings. The standard InChI is InChI=1S/C16H15BrN2O4/c1-19(16(22)23-10-11-5-3-2-4-6-11)14(15(20)21)12-7-13(17)9-18-8-12/h2-9,14H,10H2,1H3,(H,20,21). The van der Waals surface area contributed by atoms with Crippen LogP contribution >= 0.6 is 15.9 Å². The van der Waals surface area contributed by atoms with E-state index in [0.29, 0.717) is 10.0 Å². The summed E-state index contributed by atoms with van der Waals surface area (Å²) in [7, 11) is 1.38. The predicted octanol–water partition coefficient (Wildman–Crippen LogP) is 3.24. The fourth-order valence-corrected chi connectivity index (χ4v) is 2.42. The highest BCUT2D eigenvalue weighted by Crippen LogP contribution is 2.23. The van der Waals surface area contributed by atoms with Crippen molar-refractivity contribution in [3.8, 4) is 0 Å². The van der Waals surface area contributed by atoms with Gasteiger partial charge in [0.25, 0.3) is 0 Å². The molecule has 120 valence electrons. The zero-order valence-corrected chi connectivity index (χ0v) is 13.9. The molecule has 1 N–H and O–H groups in total. The van der Waals surface area contributed by atoms with Crippen LogP contribution in [0.25, 0.3) is 0 Å². The molecule has 1 aromatic carbocycles. The number of hydrogen-bond donors (Lipinski definition) is 1. The Labute approximate surface area is 141 Å². The Balaban J connectivity index is 2.10. The van der Waals surface area contributed by atoms with E-state index >= 15 is 0 Å². The number of rotatable bonds is 5. The smallest absolute Gasteiger partial charge is 0.410 e. The number of aliphatic carboxylic acids is 1. The van der Waals surface area contributed by atoms with E-state index < -0.39 is 18.1 Å². The average Bonchev–Trinajstić information content (AvgIpc) is 2.53. The summed E-state index contributed by atoms with van der Waals surface area (Å²) < 4.78 is 5.80. The lowest BCUT2D eigenvalue weighted by atomic mass is 10.1. The molecule has 23 heavy (non-hydrogen) atoms. The lowest BCUT2D eigenvalue weighted by Crippen LogP contribution is -2.36. The van der Waals surface area contributed by atoms with Crippen molar-refractivity contribution in [3.05, 3.63) is 64.4 Å². The fourth-order valence-electron chi connectivity index (χ4n) is 2.04. The highest BCUT2D eigenvalue weighted by Gasteiger charge is 2.29. The number of nitrogens with zero attached hydrogens (tertiary/aromatic N) is 2. The first-order valence-electron chi connectivity index (χ1n) is 6.76. The summed E-state index contributed by atoms with van der Waals surface area (Å²) in [5.41, 5.74) is 1.20. The Bertz CT molecular complexity index is 693. The summed E-state index contributed by atoms with van der Waals surface area (Å²) in [4.78, 5) is 28.6. The van der Waals surface area contributed by atoms with Gasteiger partial charge in [-0.3, -0.25) is 9.88 Å². The van der Waals surface area contributed by atoms with Gasteiger partial charge in [-0.25, -0.2) is 9.59 Å². The first-order valence-corrected chi connectivity index (χ1v) is 7.55. The maximum absolute atomic E-state index is 12.1. The van der Waals surface area contributed by atoms with Gasteiger partial charge in [-0.1, -0.05) is 30.3 Å². The summed E-state index contributed by atoms with van der Waals surface area (Å²) in [6, 6.07) is 9.59. The molecule has 0 fully saturated rings. The van der Waals surface area contributed by atoms with E-state index in [1.807, 2.05) is 30.3 Å². The van der Waals surface area contributed by atoms with Crippen molar-refractivity contribution in [1.29, 1.82) is 0 Å². The molecule has 0 saturated carbocycles. The molecule has 1 unspecified atom stereocenters. The number of halogens is 1. The van der Waals surface area contributed by atoms with E-state index in [-0.39, 0.29) is 6.61 Å². The minimum atomic E-state index is -1.18. The molecule has 0 spiro atoms. The van der Waals surface area contributed by atoms with Crippen molar-refractivity contribution in [1.82, 2.24) is 9.88 Å². The van der Waals surface area contributed by atoms with Crippen LogP contribution in [-0.2, 0) is 16.1 Å². The SMILES string of the molecule is CN(C(=O)OCc1ccccc1)C(C(=O)O)c1cncc(Br)c1. The first kappa shape index (κ1) is 17.0. The summed E-state index contributed by atoms with van der Waals surface area (Å²) in [5, 5.41) is 9.43. The van der Waals surface area contributed by atoms with Gasteiger partial charge in [-0.15, -0.1) is 0 Å². The van der Waals surface area contributed by atoms with Crippen molar-refractivity contribution in [2.24, 2.45) is 0 Å². The van der Waals surface area contributed by atoms with Gasteiger partial charge in [-0.2, -0.15) is 0 Å². The maximum atomic E-state index is 12.1. The Morgan fingerprint density at radius 3 is 2.61 bits per heavy atom. The molecule has 1 amide bonds. The van der Waals surface area contributed by atoms with Gasteiger partial charge < -0.3 is 9.84 Å². The molecule has 7 heteroatoms. The molecule has 2 rings (SSSR count). The van der Waals surface area contributed by atoms with Gasteiger partial charge in [0, 0.05) is 29.5 Å². The molecule has 1 atom stereocenters. The van der Waals surface area contributed by atoms with Crippen molar-refractivity contribution < 1.29 is 19.4 Å². The third-order valence-corrected chi connectivity index (χ3v) is 3.59. The van der Waals surface area contributed by atoms with E-state index in [4.69, 9.17) is 4.74 Å². The summed E-state index contributed by atoms with van der Waals surface area (Å²) in [6.07, 6.45) is 2.22. The molecule has 0 aliphatic heterocycles. The second-order valence-corrected chi connectivity index (χ2v) is 5.74. The number of benzene rings is 1. The van der Waals surface area contributed by atoms with Crippen LogP contribution in [-0.4, -0.2) is 34.1 Å². The van der Waals surface area contributed by atoms with E-state index in [9.17, 15) is 14.7 Å². The van der Waals surface area contributed by atoms with Crippen LogP contribution in [0, 0.1) is 0 Å². The summed E-state index contributed by atoms with van der Waals surface area (Å²) in [6.45, 7) is 0.0765. The van der Waals surface area contributed by atoms with Crippen molar-refractivity contribution in [3.63, 3.8) is 0 Å². The third-order valence-electron chi connectivity index (χ3n) is 3.16. The molecule has 1 aromatic heterocycles. The van der Waals surface area contributed by atoms with Crippen LogP contribution in [0.1, 0.15) is 17.2 Å². The maximum Gasteiger partial charge on any atom is 0.410 e. The topological polar surface area (TPSA) is 79.7 Å². The van der Waals surface area contributed by atoms with Crippen LogP contribution in [0.4, 0.5) is 4.79 Å². The zero-order valence-electron chi connectivity index (χ0n) is 12.3. The van der Waals surface area contributed by atoms with E-state index in [1.165, 1.54) is 19.4 Å². The number of likely N-dealkylation sites (N-methyl/N-ethyl adjacent to an activating group) is 1. The number of aromatic nitrogens is 1. The number of pyridine rings is 1. The molecular formula is C16H15BrN2O4. The lowest BCUT2D eigenvalue weighted by Gasteiger charge is -2.24. The molecule has 0 radical (unpaired) electrons. The number of ether oxygens (including phenoxy) is 1. The number of carboxylic acids is 1. The minimum absolute atomic E-state index is 0.0765. The predicted molar refractivity (Wildman–Crippen MR) is 86.7 cm³/mol. The monoisotopic (exact) mass is 378 g/mol. The first-order chi connectivity index (χ1) is 11.0. The minimum Gasteiger partial charge on any atom is -0.479 e.